The predicted molar refractivity (Wildman–Crippen MR) is 57.1 cm³/mol. The summed E-state index contributed by atoms with van der Waals surface area (Å²) in [5.74, 6) is -0.415. The van der Waals surface area contributed by atoms with Gasteiger partial charge >= 0.3 is 5.97 Å². The van der Waals surface area contributed by atoms with Crippen LogP contribution in [0, 0.1) is 0 Å². The average molecular weight is 218 g/mol. The van der Waals surface area contributed by atoms with Crippen molar-refractivity contribution < 1.29 is 9.53 Å². The maximum atomic E-state index is 11.3. The van der Waals surface area contributed by atoms with Gasteiger partial charge in [0.1, 0.15) is 12.7 Å². The van der Waals surface area contributed by atoms with Crippen molar-refractivity contribution in [1.82, 2.24) is 14.8 Å². The summed E-state index contributed by atoms with van der Waals surface area (Å²) >= 11 is 0. The highest BCUT2D eigenvalue weighted by Gasteiger charge is 2.08. The number of benzene rings is 1. The molecule has 1 heterocycles. The number of hydrogen-bond donors (Lipinski definition) is 1. The summed E-state index contributed by atoms with van der Waals surface area (Å²) in [6, 6.07) is 4.91. The highest BCUT2D eigenvalue weighted by Crippen LogP contribution is 2.18. The van der Waals surface area contributed by atoms with E-state index in [9.17, 15) is 4.79 Å². The fourth-order valence-electron chi connectivity index (χ4n) is 1.36. The third-order valence-electron chi connectivity index (χ3n) is 2.15. The third-order valence-corrected chi connectivity index (χ3v) is 2.15. The summed E-state index contributed by atoms with van der Waals surface area (Å²) in [6.07, 6.45) is 3.06. The van der Waals surface area contributed by atoms with Gasteiger partial charge in [-0.3, -0.25) is 4.57 Å². The Hall–Kier alpha value is -2.37. The molecule has 0 saturated carbocycles. The van der Waals surface area contributed by atoms with Crippen LogP contribution in [0.3, 0.4) is 0 Å². The average Bonchev–Trinajstić information content (AvgIpc) is 2.81. The van der Waals surface area contributed by atoms with E-state index in [-0.39, 0.29) is 0 Å². The summed E-state index contributed by atoms with van der Waals surface area (Å²) in [5, 5.41) is 7.36. The lowest BCUT2D eigenvalue weighted by molar-refractivity contribution is 0.0601. The van der Waals surface area contributed by atoms with Crippen LogP contribution < -0.4 is 5.73 Å². The molecular formula is C10H10N4O2. The van der Waals surface area contributed by atoms with Crippen LogP contribution in [0.15, 0.2) is 30.9 Å². The van der Waals surface area contributed by atoms with Crippen molar-refractivity contribution in [3.05, 3.63) is 36.4 Å². The van der Waals surface area contributed by atoms with Crippen molar-refractivity contribution in [1.29, 1.82) is 0 Å². The first-order chi connectivity index (χ1) is 7.72. The van der Waals surface area contributed by atoms with Crippen LogP contribution in [0.2, 0.25) is 0 Å². The van der Waals surface area contributed by atoms with Gasteiger partial charge in [-0.2, -0.15) is 0 Å². The molecule has 0 aliphatic rings. The molecule has 0 atom stereocenters. The van der Waals surface area contributed by atoms with Crippen LogP contribution >= 0.6 is 0 Å². The second kappa shape index (κ2) is 4.01. The third kappa shape index (κ3) is 1.72. The lowest BCUT2D eigenvalue weighted by Gasteiger charge is -2.07. The Morgan fingerprint density at radius 3 is 2.62 bits per heavy atom. The Bertz CT molecular complexity index is 508. The second-order valence-electron chi connectivity index (χ2n) is 3.13. The van der Waals surface area contributed by atoms with E-state index in [1.54, 1.807) is 22.8 Å². The number of nitrogens with two attached hydrogens (primary N) is 1. The van der Waals surface area contributed by atoms with E-state index in [4.69, 9.17) is 5.73 Å². The quantitative estimate of drug-likeness (QED) is 0.590. The molecule has 0 saturated heterocycles. The van der Waals surface area contributed by atoms with E-state index in [2.05, 4.69) is 14.9 Å². The summed E-state index contributed by atoms with van der Waals surface area (Å²) in [7, 11) is 1.33. The Morgan fingerprint density at radius 2 is 2.06 bits per heavy atom. The fraction of sp³-hybridized carbons (Fsp3) is 0.100. The zero-order valence-corrected chi connectivity index (χ0v) is 8.62. The Kier molecular flexibility index (Phi) is 2.55. The maximum Gasteiger partial charge on any atom is 0.337 e. The number of nitrogen functional groups attached to an aromatic ring is 1. The topological polar surface area (TPSA) is 83.0 Å². The summed E-state index contributed by atoms with van der Waals surface area (Å²) in [4.78, 5) is 11.3. The van der Waals surface area contributed by atoms with E-state index in [1.165, 1.54) is 19.8 Å². The number of nitrogens with zero attached hydrogens (tertiary/aromatic N) is 3. The van der Waals surface area contributed by atoms with E-state index >= 15 is 0 Å². The molecule has 0 bridgehead atoms. The highest BCUT2D eigenvalue weighted by molar-refractivity contribution is 5.91. The lowest BCUT2D eigenvalue weighted by Crippen LogP contribution is -2.04. The number of carbonyl (C=O) groups excluding carboxylic acids is 1. The molecule has 1 aromatic heterocycles. The van der Waals surface area contributed by atoms with Gasteiger partial charge in [0.15, 0.2) is 0 Å². The van der Waals surface area contributed by atoms with Gasteiger partial charge < -0.3 is 10.5 Å². The minimum Gasteiger partial charge on any atom is -0.465 e. The van der Waals surface area contributed by atoms with E-state index in [0.717, 1.165) is 5.69 Å². The highest BCUT2D eigenvalue weighted by atomic mass is 16.5. The first-order valence-corrected chi connectivity index (χ1v) is 4.55. The molecule has 0 fully saturated rings. The van der Waals surface area contributed by atoms with Crippen molar-refractivity contribution in [3.8, 4) is 5.69 Å². The number of carbonyl (C=O) groups is 1. The number of anilines is 1. The molecule has 1 aromatic carbocycles. The Labute approximate surface area is 91.7 Å². The lowest BCUT2D eigenvalue weighted by atomic mass is 10.1. The van der Waals surface area contributed by atoms with Gasteiger partial charge in [-0.25, -0.2) is 4.79 Å². The van der Waals surface area contributed by atoms with E-state index in [0.29, 0.717) is 11.3 Å². The molecule has 0 spiro atoms. The molecule has 2 N–H and O–H groups in total. The van der Waals surface area contributed by atoms with Crippen molar-refractivity contribution in [2.24, 2.45) is 0 Å². The molecular weight excluding hydrogens is 208 g/mol. The van der Waals surface area contributed by atoms with Gasteiger partial charge in [0.25, 0.3) is 0 Å². The van der Waals surface area contributed by atoms with Gasteiger partial charge in [0, 0.05) is 0 Å². The monoisotopic (exact) mass is 218 g/mol. The number of ether oxygens (including phenoxy) is 1. The first-order valence-electron chi connectivity index (χ1n) is 4.55. The number of hydrogen-bond acceptors (Lipinski definition) is 5. The molecule has 16 heavy (non-hydrogen) atoms. The smallest absolute Gasteiger partial charge is 0.337 e. The normalized spacial score (nSPS) is 10.1. The Balaban J connectivity index is 2.41. The van der Waals surface area contributed by atoms with Crippen molar-refractivity contribution in [2.75, 3.05) is 12.8 Å². The molecule has 6 nitrogen and oxygen atoms in total. The summed E-state index contributed by atoms with van der Waals surface area (Å²) < 4.78 is 6.26. The number of esters is 1. The minimum atomic E-state index is -0.415. The van der Waals surface area contributed by atoms with Crippen molar-refractivity contribution in [2.45, 2.75) is 0 Å². The number of aromatic nitrogens is 3. The van der Waals surface area contributed by atoms with Gasteiger partial charge in [-0.15, -0.1) is 10.2 Å². The number of rotatable bonds is 2. The minimum absolute atomic E-state index is 0.414. The number of methoxy groups -OCH3 is 1. The Morgan fingerprint density at radius 1 is 1.38 bits per heavy atom. The van der Waals surface area contributed by atoms with Gasteiger partial charge in [-0.1, -0.05) is 0 Å². The van der Waals surface area contributed by atoms with Crippen LogP contribution in [-0.4, -0.2) is 27.8 Å². The molecule has 6 heteroatoms. The fourth-order valence-corrected chi connectivity index (χ4v) is 1.36. The predicted octanol–water partition coefficient (Wildman–Crippen LogP) is 0.636. The van der Waals surface area contributed by atoms with Crippen molar-refractivity contribution in [3.63, 3.8) is 0 Å². The van der Waals surface area contributed by atoms with Crippen LogP contribution in [0.25, 0.3) is 5.69 Å². The maximum absolute atomic E-state index is 11.3. The molecule has 82 valence electrons. The standard InChI is InChI=1S/C10H10N4O2/c1-16-10(15)7-2-3-9(8(11)4-7)14-5-12-13-6-14/h2-6H,11H2,1H3. The van der Waals surface area contributed by atoms with Crippen molar-refractivity contribution >= 4 is 11.7 Å². The molecule has 2 aromatic rings. The largest absolute Gasteiger partial charge is 0.465 e. The van der Waals surface area contributed by atoms with Crippen LogP contribution in [0.5, 0.6) is 0 Å². The summed E-state index contributed by atoms with van der Waals surface area (Å²) in [6.45, 7) is 0. The summed E-state index contributed by atoms with van der Waals surface area (Å²) in [5.41, 5.74) is 7.42. The molecule has 0 unspecified atom stereocenters. The second-order valence-corrected chi connectivity index (χ2v) is 3.13. The van der Waals surface area contributed by atoms with Gasteiger partial charge in [-0.05, 0) is 18.2 Å². The van der Waals surface area contributed by atoms with Crippen LogP contribution in [0.4, 0.5) is 5.69 Å². The molecule has 2 rings (SSSR count). The molecule has 0 amide bonds. The molecule has 0 radical (unpaired) electrons. The van der Waals surface area contributed by atoms with Gasteiger partial charge in [0.2, 0.25) is 0 Å². The SMILES string of the molecule is COC(=O)c1ccc(-n2cnnc2)c(N)c1. The van der Waals surface area contributed by atoms with E-state index < -0.39 is 5.97 Å². The first kappa shape index (κ1) is 10.2. The molecule has 0 aliphatic carbocycles. The van der Waals surface area contributed by atoms with Crippen LogP contribution in [0.1, 0.15) is 10.4 Å². The zero-order valence-electron chi connectivity index (χ0n) is 8.62. The van der Waals surface area contributed by atoms with E-state index in [1.807, 2.05) is 0 Å². The molecule has 0 aliphatic heterocycles. The zero-order chi connectivity index (χ0) is 11.5. The van der Waals surface area contributed by atoms with Crippen LogP contribution in [-0.2, 0) is 4.74 Å². The van der Waals surface area contributed by atoms with Gasteiger partial charge in [0.05, 0.1) is 24.0 Å².